The quantitative estimate of drug-likeness (QED) is 0.617. The molecule has 2 rings (SSSR count). The smallest absolute Gasteiger partial charge is 0.340 e. The second-order valence-corrected chi connectivity index (χ2v) is 5.25. The summed E-state index contributed by atoms with van der Waals surface area (Å²) in [5.41, 5.74) is 0.757. The monoisotopic (exact) mass is 370 g/mol. The predicted molar refractivity (Wildman–Crippen MR) is 97.4 cm³/mol. The number of esters is 2. The number of rotatable bonds is 5. The van der Waals surface area contributed by atoms with Crippen molar-refractivity contribution in [2.24, 2.45) is 0 Å². The summed E-state index contributed by atoms with van der Waals surface area (Å²) in [7, 11) is 1.24. The molecule has 0 spiro atoms. The summed E-state index contributed by atoms with van der Waals surface area (Å²) < 4.78 is 9.52. The van der Waals surface area contributed by atoms with Crippen LogP contribution in [0.1, 0.15) is 27.6 Å². The first-order chi connectivity index (χ1) is 13.0. The largest absolute Gasteiger partial charge is 0.465 e. The van der Waals surface area contributed by atoms with Crippen LogP contribution < -0.4 is 10.6 Å². The van der Waals surface area contributed by atoms with E-state index < -0.39 is 23.8 Å². The molecule has 0 radical (unpaired) electrons. The first-order valence-electron chi connectivity index (χ1n) is 8.03. The molecule has 0 heterocycles. The van der Waals surface area contributed by atoms with Crippen molar-refractivity contribution in [3.63, 3.8) is 0 Å². The Bertz CT molecular complexity index is 878. The van der Waals surface area contributed by atoms with Crippen molar-refractivity contribution < 1.29 is 28.7 Å². The summed E-state index contributed by atoms with van der Waals surface area (Å²) in [6.07, 6.45) is 0. The summed E-state index contributed by atoms with van der Waals surface area (Å²) in [6, 6.07) is 12.1. The predicted octanol–water partition coefficient (Wildman–Crippen LogP) is 2.23. The third-order valence-corrected chi connectivity index (χ3v) is 3.42. The first-order valence-corrected chi connectivity index (χ1v) is 8.03. The maximum atomic E-state index is 12.2. The van der Waals surface area contributed by atoms with Crippen LogP contribution in [0.15, 0.2) is 48.5 Å². The van der Waals surface area contributed by atoms with E-state index in [1.807, 2.05) is 0 Å². The van der Waals surface area contributed by atoms with Crippen molar-refractivity contribution >= 4 is 35.1 Å². The van der Waals surface area contributed by atoms with E-state index in [9.17, 15) is 19.2 Å². The van der Waals surface area contributed by atoms with Gasteiger partial charge in [-0.05, 0) is 37.3 Å². The fourth-order valence-corrected chi connectivity index (χ4v) is 2.19. The van der Waals surface area contributed by atoms with Gasteiger partial charge in [-0.25, -0.2) is 9.59 Å². The summed E-state index contributed by atoms with van der Waals surface area (Å²) >= 11 is 0. The molecular formula is C19H18N2O6. The molecule has 8 nitrogen and oxygen atoms in total. The van der Waals surface area contributed by atoms with E-state index in [4.69, 9.17) is 4.74 Å². The third-order valence-electron chi connectivity index (χ3n) is 3.42. The molecule has 0 aliphatic rings. The number of hydrogen-bond donors (Lipinski definition) is 2. The van der Waals surface area contributed by atoms with Gasteiger partial charge in [-0.15, -0.1) is 0 Å². The van der Waals surface area contributed by atoms with E-state index in [1.165, 1.54) is 43.5 Å². The van der Waals surface area contributed by atoms with E-state index in [0.717, 1.165) is 0 Å². The molecule has 0 aliphatic carbocycles. The molecule has 2 aromatic carbocycles. The van der Waals surface area contributed by atoms with Gasteiger partial charge < -0.3 is 20.1 Å². The van der Waals surface area contributed by atoms with Gasteiger partial charge in [0.1, 0.15) is 0 Å². The highest BCUT2D eigenvalue weighted by atomic mass is 16.5. The molecule has 2 aromatic rings. The minimum atomic E-state index is -0.977. The second kappa shape index (κ2) is 9.14. The summed E-state index contributed by atoms with van der Waals surface area (Å²) in [5, 5.41) is 4.76. The number of benzene rings is 2. The molecule has 0 unspecified atom stereocenters. The molecule has 0 fully saturated rings. The Morgan fingerprint density at radius 3 is 2.30 bits per heavy atom. The molecule has 27 heavy (non-hydrogen) atoms. The number of anilines is 2. The standard InChI is InChI=1S/C19H18N2O6/c1-3-27-19(25)14-9-4-5-10-15(14)21-17(23)16(22)20-13-8-6-7-12(11-13)18(24)26-2/h4-11H,3H2,1-2H3,(H,20,22)(H,21,23). The van der Waals surface area contributed by atoms with Gasteiger partial charge in [0.15, 0.2) is 0 Å². The van der Waals surface area contributed by atoms with E-state index in [2.05, 4.69) is 15.4 Å². The summed E-state index contributed by atoms with van der Waals surface area (Å²) in [6.45, 7) is 1.84. The van der Waals surface area contributed by atoms with Crippen molar-refractivity contribution in [3.05, 3.63) is 59.7 Å². The molecule has 0 aromatic heterocycles. The van der Waals surface area contributed by atoms with Crippen LogP contribution in [0.2, 0.25) is 0 Å². The number of hydrogen-bond acceptors (Lipinski definition) is 6. The van der Waals surface area contributed by atoms with Crippen LogP contribution in [0.25, 0.3) is 0 Å². The minimum absolute atomic E-state index is 0.133. The van der Waals surface area contributed by atoms with Crippen LogP contribution in [-0.2, 0) is 19.1 Å². The lowest BCUT2D eigenvalue weighted by Gasteiger charge is -2.10. The molecule has 2 N–H and O–H groups in total. The van der Waals surface area contributed by atoms with Crippen molar-refractivity contribution in [2.75, 3.05) is 24.4 Å². The average molecular weight is 370 g/mol. The van der Waals surface area contributed by atoms with Crippen molar-refractivity contribution in [1.29, 1.82) is 0 Å². The summed E-state index contributed by atoms with van der Waals surface area (Å²) in [4.78, 5) is 47.7. The van der Waals surface area contributed by atoms with Crippen LogP contribution in [-0.4, -0.2) is 37.5 Å². The van der Waals surface area contributed by atoms with Crippen LogP contribution in [0.3, 0.4) is 0 Å². The van der Waals surface area contributed by atoms with Gasteiger partial charge in [0.25, 0.3) is 0 Å². The molecular weight excluding hydrogens is 352 g/mol. The fourth-order valence-electron chi connectivity index (χ4n) is 2.19. The van der Waals surface area contributed by atoms with Crippen LogP contribution in [0, 0.1) is 0 Å². The number of ether oxygens (including phenoxy) is 2. The van der Waals surface area contributed by atoms with Crippen molar-refractivity contribution in [1.82, 2.24) is 0 Å². The van der Waals surface area contributed by atoms with Crippen LogP contribution in [0.5, 0.6) is 0 Å². The Morgan fingerprint density at radius 1 is 0.889 bits per heavy atom. The second-order valence-electron chi connectivity index (χ2n) is 5.25. The lowest BCUT2D eigenvalue weighted by Crippen LogP contribution is -2.29. The topological polar surface area (TPSA) is 111 Å². The van der Waals surface area contributed by atoms with Gasteiger partial charge in [0.2, 0.25) is 0 Å². The highest BCUT2D eigenvalue weighted by Gasteiger charge is 2.19. The number of carbonyl (C=O) groups excluding carboxylic acids is 4. The van der Waals surface area contributed by atoms with Crippen LogP contribution in [0.4, 0.5) is 11.4 Å². The SMILES string of the molecule is CCOC(=O)c1ccccc1NC(=O)C(=O)Nc1cccc(C(=O)OC)c1. The zero-order valence-electron chi connectivity index (χ0n) is 14.8. The van der Waals surface area contributed by atoms with Crippen molar-refractivity contribution in [2.45, 2.75) is 6.92 Å². The maximum Gasteiger partial charge on any atom is 0.340 e. The molecule has 0 bridgehead atoms. The highest BCUT2D eigenvalue weighted by molar-refractivity contribution is 6.44. The van der Waals surface area contributed by atoms with E-state index in [0.29, 0.717) is 0 Å². The molecule has 0 saturated heterocycles. The van der Waals surface area contributed by atoms with Gasteiger partial charge in [0.05, 0.1) is 30.5 Å². The average Bonchev–Trinajstić information content (AvgIpc) is 2.68. The van der Waals surface area contributed by atoms with Gasteiger partial charge in [-0.3, -0.25) is 9.59 Å². The zero-order chi connectivity index (χ0) is 19.8. The third kappa shape index (κ3) is 5.15. The lowest BCUT2D eigenvalue weighted by atomic mass is 10.1. The maximum absolute atomic E-state index is 12.2. The number of nitrogens with one attached hydrogen (secondary N) is 2. The Morgan fingerprint density at radius 2 is 1.59 bits per heavy atom. The molecule has 0 aliphatic heterocycles. The minimum Gasteiger partial charge on any atom is -0.465 e. The lowest BCUT2D eigenvalue weighted by molar-refractivity contribution is -0.133. The normalized spacial score (nSPS) is 9.85. The Labute approximate surface area is 155 Å². The van der Waals surface area contributed by atoms with Gasteiger partial charge in [-0.2, -0.15) is 0 Å². The Kier molecular flexibility index (Phi) is 6.65. The molecule has 140 valence electrons. The highest BCUT2D eigenvalue weighted by Crippen LogP contribution is 2.17. The Balaban J connectivity index is 2.10. The van der Waals surface area contributed by atoms with Crippen LogP contribution >= 0.6 is 0 Å². The molecule has 2 amide bonds. The number of amides is 2. The van der Waals surface area contributed by atoms with E-state index in [-0.39, 0.29) is 29.1 Å². The molecule has 8 heteroatoms. The van der Waals surface area contributed by atoms with E-state index in [1.54, 1.807) is 19.1 Å². The number of para-hydroxylation sites is 1. The summed E-state index contributed by atoms with van der Waals surface area (Å²) in [5.74, 6) is -3.12. The van der Waals surface area contributed by atoms with Gasteiger partial charge >= 0.3 is 23.8 Å². The molecule has 0 saturated carbocycles. The zero-order valence-corrected chi connectivity index (χ0v) is 14.8. The van der Waals surface area contributed by atoms with Gasteiger partial charge in [0, 0.05) is 5.69 Å². The molecule has 0 atom stereocenters. The Hall–Kier alpha value is -3.68. The first kappa shape index (κ1) is 19.6. The number of methoxy groups -OCH3 is 1. The van der Waals surface area contributed by atoms with Gasteiger partial charge in [-0.1, -0.05) is 18.2 Å². The van der Waals surface area contributed by atoms with Crippen molar-refractivity contribution in [3.8, 4) is 0 Å². The number of carbonyl (C=O) groups is 4. The van der Waals surface area contributed by atoms with E-state index >= 15 is 0 Å². The fraction of sp³-hybridized carbons (Fsp3) is 0.158.